The van der Waals surface area contributed by atoms with E-state index in [1.165, 1.54) is 13.2 Å². The van der Waals surface area contributed by atoms with Crippen LogP contribution in [-0.2, 0) is 23.8 Å². The van der Waals surface area contributed by atoms with Crippen LogP contribution in [0.2, 0.25) is 0 Å². The van der Waals surface area contributed by atoms with Crippen LogP contribution in [0.25, 0.3) is 0 Å². The molecule has 3 atom stereocenters. The molecule has 1 aromatic rings. The van der Waals surface area contributed by atoms with Gasteiger partial charge < -0.3 is 19.3 Å². The van der Waals surface area contributed by atoms with Crippen LogP contribution >= 0.6 is 0 Å². The minimum atomic E-state index is -1.29. The molecule has 1 fully saturated rings. The van der Waals surface area contributed by atoms with E-state index in [1.807, 2.05) is 36.4 Å². The first-order chi connectivity index (χ1) is 17.1. The van der Waals surface area contributed by atoms with E-state index in [0.29, 0.717) is 5.76 Å². The summed E-state index contributed by atoms with van der Waals surface area (Å²) >= 11 is 0. The Labute approximate surface area is 206 Å². The highest BCUT2D eigenvalue weighted by atomic mass is 16.6. The average molecular weight is 486 g/mol. The predicted molar refractivity (Wildman–Crippen MR) is 129 cm³/mol. The molecule has 2 aliphatic heterocycles. The number of nitrogens with zero attached hydrogens (tertiary/aromatic N) is 1. The van der Waals surface area contributed by atoms with Crippen molar-refractivity contribution in [3.63, 3.8) is 0 Å². The lowest BCUT2D eigenvalue weighted by Crippen LogP contribution is -2.51. The topological polar surface area (TPSA) is 102 Å². The van der Waals surface area contributed by atoms with E-state index in [-0.39, 0.29) is 13.2 Å². The molecule has 2 heterocycles. The molecule has 8 heteroatoms. The van der Waals surface area contributed by atoms with Crippen LogP contribution in [0.4, 0.5) is 4.79 Å². The quantitative estimate of drug-likeness (QED) is 0.417. The molecule has 8 nitrogen and oxygen atoms in total. The number of benzene rings is 1. The minimum absolute atomic E-state index is 0.0387. The third kappa shape index (κ3) is 7.26. The maximum absolute atomic E-state index is 13.4. The predicted octanol–water partition coefficient (Wildman–Crippen LogP) is 4.24. The van der Waals surface area contributed by atoms with Crippen LogP contribution in [0.1, 0.15) is 63.0 Å². The Bertz CT molecular complexity index is 911. The second kappa shape index (κ2) is 13.8. The minimum Gasteiger partial charge on any atom is -0.479 e. The van der Waals surface area contributed by atoms with E-state index in [0.717, 1.165) is 61.8 Å². The molecule has 0 bridgehead atoms. The average Bonchev–Trinajstić information content (AvgIpc) is 3.26. The van der Waals surface area contributed by atoms with Gasteiger partial charge in [0.25, 0.3) is 5.91 Å². The number of carbonyl (C=O) groups is 3. The first-order valence-electron chi connectivity index (χ1n) is 12.3. The van der Waals surface area contributed by atoms with Gasteiger partial charge in [-0.25, -0.2) is 9.69 Å². The molecule has 0 aliphatic carbocycles. The summed E-state index contributed by atoms with van der Waals surface area (Å²) in [5.74, 6) is -0.553. The van der Waals surface area contributed by atoms with Gasteiger partial charge in [0.05, 0.1) is 0 Å². The van der Waals surface area contributed by atoms with Gasteiger partial charge in [0, 0.05) is 13.7 Å². The van der Waals surface area contributed by atoms with Crippen molar-refractivity contribution in [2.45, 2.75) is 69.6 Å². The number of aliphatic hydroxyl groups is 1. The number of hydrogen-bond donors (Lipinski definition) is 1. The first kappa shape index (κ1) is 26.6. The summed E-state index contributed by atoms with van der Waals surface area (Å²) in [7, 11) is 1.32. The fourth-order valence-corrected chi connectivity index (χ4v) is 4.29. The van der Waals surface area contributed by atoms with E-state index in [1.54, 1.807) is 6.08 Å². The lowest BCUT2D eigenvalue weighted by Gasteiger charge is -2.30. The van der Waals surface area contributed by atoms with Crippen LogP contribution < -0.4 is 0 Å². The molecule has 1 saturated heterocycles. The SMILES string of the molecule is CO[C@@H](C(=O)N1C(=O)OC[C@H]1c1ccccc1)[C@@H]1OC(=CCCCCCCCCCO)C=CC1=O. The van der Waals surface area contributed by atoms with Crippen LogP contribution in [0, 0.1) is 0 Å². The Morgan fingerprint density at radius 1 is 1.09 bits per heavy atom. The Balaban J connectivity index is 1.58. The van der Waals surface area contributed by atoms with Crippen molar-refractivity contribution in [3.8, 4) is 0 Å². The lowest BCUT2D eigenvalue weighted by atomic mass is 10.0. The normalized spacial score (nSPS) is 21.8. The summed E-state index contributed by atoms with van der Waals surface area (Å²) in [5.41, 5.74) is 0.756. The molecule has 2 amide bonds. The number of amides is 2. The Morgan fingerprint density at radius 2 is 1.77 bits per heavy atom. The van der Waals surface area contributed by atoms with Crippen molar-refractivity contribution in [2.24, 2.45) is 0 Å². The second-order valence-electron chi connectivity index (χ2n) is 8.74. The summed E-state index contributed by atoms with van der Waals surface area (Å²) in [6.45, 7) is 0.298. The number of methoxy groups -OCH3 is 1. The van der Waals surface area contributed by atoms with E-state index in [2.05, 4.69) is 0 Å². The van der Waals surface area contributed by atoms with Crippen LogP contribution in [-0.4, -0.2) is 60.3 Å². The van der Waals surface area contributed by atoms with Crippen molar-refractivity contribution >= 4 is 17.8 Å². The summed E-state index contributed by atoms with van der Waals surface area (Å²) in [6.07, 6.45) is 9.90. The zero-order valence-electron chi connectivity index (χ0n) is 20.3. The van der Waals surface area contributed by atoms with Crippen LogP contribution in [0.15, 0.2) is 54.3 Å². The molecule has 0 unspecified atom stereocenters. The summed E-state index contributed by atoms with van der Waals surface area (Å²) < 4.78 is 16.4. The second-order valence-corrected chi connectivity index (χ2v) is 8.74. The number of imide groups is 1. The molecule has 35 heavy (non-hydrogen) atoms. The molecule has 190 valence electrons. The molecular formula is C27H35NO7. The molecule has 1 N–H and O–H groups in total. The first-order valence-corrected chi connectivity index (χ1v) is 12.3. The number of ketones is 1. The molecule has 0 radical (unpaired) electrons. The van der Waals surface area contributed by atoms with E-state index < -0.39 is 36.0 Å². The van der Waals surface area contributed by atoms with Gasteiger partial charge in [0.1, 0.15) is 18.4 Å². The third-order valence-corrected chi connectivity index (χ3v) is 6.23. The molecule has 2 aliphatic rings. The van der Waals surface area contributed by atoms with Gasteiger partial charge in [-0.15, -0.1) is 0 Å². The van der Waals surface area contributed by atoms with Gasteiger partial charge in [-0.05, 0) is 43.1 Å². The summed E-state index contributed by atoms with van der Waals surface area (Å²) in [6, 6.07) is 8.52. The Kier molecular flexibility index (Phi) is 10.5. The van der Waals surface area contributed by atoms with E-state index in [4.69, 9.17) is 19.3 Å². The fraction of sp³-hybridized carbons (Fsp3) is 0.519. The highest BCUT2D eigenvalue weighted by Crippen LogP contribution is 2.30. The van der Waals surface area contributed by atoms with Gasteiger partial charge >= 0.3 is 6.09 Å². The molecule has 0 aromatic heterocycles. The number of cyclic esters (lactones) is 1. The number of hydrogen-bond acceptors (Lipinski definition) is 7. The standard InChI is InChI=1S/C27H35NO7/c1-33-25(26(31)28-22(19-34-27(28)32)20-13-9-8-10-14-20)24-23(30)17-16-21(35-24)15-11-6-4-2-3-5-7-12-18-29/h8-10,13-17,22,24-25,29H,2-7,11-12,18-19H2,1H3/t22-,24+,25+/m0/s1. The number of unbranched alkanes of at least 4 members (excludes halogenated alkanes) is 7. The molecule has 1 aromatic carbocycles. The lowest BCUT2D eigenvalue weighted by molar-refractivity contribution is -0.153. The smallest absolute Gasteiger partial charge is 0.417 e. The Hall–Kier alpha value is -2.97. The van der Waals surface area contributed by atoms with Gasteiger partial charge in [-0.2, -0.15) is 0 Å². The molecule has 3 rings (SSSR count). The highest BCUT2D eigenvalue weighted by molar-refractivity contribution is 6.03. The van der Waals surface area contributed by atoms with Gasteiger partial charge in [0.2, 0.25) is 0 Å². The van der Waals surface area contributed by atoms with Crippen molar-refractivity contribution in [1.29, 1.82) is 0 Å². The monoisotopic (exact) mass is 485 g/mol. The largest absolute Gasteiger partial charge is 0.479 e. The number of rotatable bonds is 13. The Morgan fingerprint density at radius 3 is 2.46 bits per heavy atom. The maximum Gasteiger partial charge on any atom is 0.417 e. The number of carbonyl (C=O) groups excluding carboxylic acids is 3. The van der Waals surface area contributed by atoms with Crippen molar-refractivity contribution in [2.75, 3.05) is 20.3 Å². The van der Waals surface area contributed by atoms with Crippen molar-refractivity contribution < 1.29 is 33.7 Å². The van der Waals surface area contributed by atoms with Crippen LogP contribution in [0.3, 0.4) is 0 Å². The van der Waals surface area contributed by atoms with Gasteiger partial charge in [-0.3, -0.25) is 9.59 Å². The summed E-state index contributed by atoms with van der Waals surface area (Å²) in [4.78, 5) is 39.4. The molecular weight excluding hydrogens is 450 g/mol. The fourth-order valence-electron chi connectivity index (χ4n) is 4.29. The van der Waals surface area contributed by atoms with E-state index >= 15 is 0 Å². The number of aliphatic hydroxyl groups excluding tert-OH is 1. The summed E-state index contributed by atoms with van der Waals surface area (Å²) in [5, 5.41) is 8.81. The van der Waals surface area contributed by atoms with Crippen molar-refractivity contribution in [1.82, 2.24) is 4.90 Å². The van der Waals surface area contributed by atoms with E-state index in [9.17, 15) is 14.4 Å². The number of ether oxygens (including phenoxy) is 3. The van der Waals surface area contributed by atoms with Gasteiger partial charge in [-0.1, -0.05) is 62.4 Å². The molecule has 0 spiro atoms. The zero-order chi connectivity index (χ0) is 25.0. The third-order valence-electron chi connectivity index (χ3n) is 6.23. The highest BCUT2D eigenvalue weighted by Gasteiger charge is 2.46. The van der Waals surface area contributed by atoms with Gasteiger partial charge in [0.15, 0.2) is 18.0 Å². The zero-order valence-corrected chi connectivity index (χ0v) is 20.3. The molecule has 0 saturated carbocycles. The van der Waals surface area contributed by atoms with Crippen molar-refractivity contribution in [3.05, 3.63) is 59.9 Å². The number of allylic oxidation sites excluding steroid dienone is 2. The maximum atomic E-state index is 13.4. The van der Waals surface area contributed by atoms with Crippen LogP contribution in [0.5, 0.6) is 0 Å².